The predicted octanol–water partition coefficient (Wildman–Crippen LogP) is 3.19. The first-order chi connectivity index (χ1) is 15.1. The van der Waals surface area contributed by atoms with Crippen LogP contribution in [0.2, 0.25) is 5.02 Å². The molecule has 0 atom stereocenters. The summed E-state index contributed by atoms with van der Waals surface area (Å²) >= 11 is 5.98. The third-order valence-electron chi connectivity index (χ3n) is 4.29. The van der Waals surface area contributed by atoms with Crippen LogP contribution in [0, 0.1) is 0 Å². The third kappa shape index (κ3) is 5.23. The number of primary amides is 1. The highest BCUT2D eigenvalue weighted by molar-refractivity contribution is 7.92. The topological polar surface area (TPSA) is 156 Å². The molecule has 9 nitrogen and oxygen atoms in total. The lowest BCUT2D eigenvalue weighted by Crippen LogP contribution is -2.19. The molecule has 0 heterocycles. The van der Waals surface area contributed by atoms with Gasteiger partial charge in [0.2, 0.25) is 5.91 Å². The third-order valence-corrected chi connectivity index (χ3v) is 5.89. The number of sulfonamides is 1. The van der Waals surface area contributed by atoms with E-state index < -0.39 is 27.8 Å². The summed E-state index contributed by atoms with van der Waals surface area (Å²) in [6.07, 6.45) is 0. The van der Waals surface area contributed by atoms with Crippen molar-refractivity contribution < 1.29 is 27.9 Å². The number of carboxylic acids is 1. The largest absolute Gasteiger partial charge is 0.478 e. The van der Waals surface area contributed by atoms with Crippen molar-refractivity contribution in [2.75, 3.05) is 10.0 Å². The van der Waals surface area contributed by atoms with Gasteiger partial charge in [0.15, 0.2) is 0 Å². The molecule has 0 unspecified atom stereocenters. The van der Waals surface area contributed by atoms with Crippen LogP contribution in [0.15, 0.2) is 71.6 Å². The molecule has 0 spiro atoms. The average Bonchev–Trinajstić information content (AvgIpc) is 2.74. The SMILES string of the molecule is NC(=O)c1ccc(NC(=O)c2ccc(Cl)cc2NS(=O)(=O)c2cccc(C(=O)O)c2)cc1. The lowest BCUT2D eigenvalue weighted by atomic mass is 10.1. The summed E-state index contributed by atoms with van der Waals surface area (Å²) in [4.78, 5) is 34.8. The maximum absolute atomic E-state index is 12.8. The van der Waals surface area contributed by atoms with Crippen molar-refractivity contribution in [1.82, 2.24) is 0 Å². The molecule has 32 heavy (non-hydrogen) atoms. The molecule has 0 saturated heterocycles. The number of nitrogens with one attached hydrogen (secondary N) is 2. The van der Waals surface area contributed by atoms with Gasteiger partial charge in [-0.3, -0.25) is 14.3 Å². The summed E-state index contributed by atoms with van der Waals surface area (Å²) in [5.74, 6) is -2.55. The smallest absolute Gasteiger partial charge is 0.335 e. The van der Waals surface area contributed by atoms with E-state index in [0.717, 1.165) is 6.07 Å². The Morgan fingerprint density at radius 2 is 1.59 bits per heavy atom. The number of amides is 2. The van der Waals surface area contributed by atoms with Crippen molar-refractivity contribution >= 4 is 50.8 Å². The molecule has 0 saturated carbocycles. The standard InChI is InChI=1S/C21H16ClN3O6S/c22-14-6-9-17(20(27)24-15-7-4-12(5-8-15)19(23)26)18(11-14)25-32(30,31)16-3-1-2-13(10-16)21(28)29/h1-11,25H,(H2,23,26)(H,24,27)(H,28,29). The van der Waals surface area contributed by atoms with E-state index >= 15 is 0 Å². The van der Waals surface area contributed by atoms with Gasteiger partial charge in [0.1, 0.15) is 0 Å². The van der Waals surface area contributed by atoms with Gasteiger partial charge >= 0.3 is 5.97 Å². The lowest BCUT2D eigenvalue weighted by Gasteiger charge is -2.14. The highest BCUT2D eigenvalue weighted by Gasteiger charge is 2.21. The van der Waals surface area contributed by atoms with Crippen LogP contribution >= 0.6 is 11.6 Å². The maximum Gasteiger partial charge on any atom is 0.335 e. The van der Waals surface area contributed by atoms with Crippen molar-refractivity contribution in [3.8, 4) is 0 Å². The average molecular weight is 474 g/mol. The van der Waals surface area contributed by atoms with E-state index in [-0.39, 0.29) is 32.3 Å². The van der Waals surface area contributed by atoms with Crippen LogP contribution in [0.25, 0.3) is 0 Å². The number of carbonyl (C=O) groups excluding carboxylic acids is 2. The zero-order chi connectivity index (χ0) is 23.5. The molecule has 0 bridgehead atoms. The van der Waals surface area contributed by atoms with Crippen molar-refractivity contribution in [3.05, 3.63) is 88.4 Å². The van der Waals surface area contributed by atoms with Crippen molar-refractivity contribution in [2.45, 2.75) is 4.90 Å². The molecule has 2 amide bonds. The minimum Gasteiger partial charge on any atom is -0.478 e. The molecule has 3 rings (SSSR count). The number of anilines is 2. The van der Waals surface area contributed by atoms with Crippen LogP contribution < -0.4 is 15.8 Å². The summed E-state index contributed by atoms with van der Waals surface area (Å²) in [5, 5.41) is 11.9. The van der Waals surface area contributed by atoms with E-state index in [1.807, 2.05) is 0 Å². The molecule has 5 N–H and O–H groups in total. The van der Waals surface area contributed by atoms with Crippen molar-refractivity contribution in [1.29, 1.82) is 0 Å². The summed E-state index contributed by atoms with van der Waals surface area (Å²) < 4.78 is 27.9. The van der Waals surface area contributed by atoms with Crippen LogP contribution in [-0.4, -0.2) is 31.3 Å². The number of aromatic carboxylic acids is 1. The first-order valence-electron chi connectivity index (χ1n) is 8.94. The predicted molar refractivity (Wildman–Crippen MR) is 119 cm³/mol. The van der Waals surface area contributed by atoms with E-state index in [9.17, 15) is 22.8 Å². The molecule has 3 aromatic rings. The molecule has 3 aromatic carbocycles. The lowest BCUT2D eigenvalue weighted by molar-refractivity contribution is 0.0696. The van der Waals surface area contributed by atoms with E-state index in [4.69, 9.17) is 22.4 Å². The second-order valence-corrected chi connectivity index (χ2v) is 8.64. The molecule has 11 heteroatoms. The number of carbonyl (C=O) groups is 3. The number of nitrogens with two attached hydrogens (primary N) is 1. The molecule has 0 aliphatic heterocycles. The molecule has 0 aromatic heterocycles. The number of hydrogen-bond donors (Lipinski definition) is 4. The molecule has 0 fully saturated rings. The van der Waals surface area contributed by atoms with Gasteiger partial charge < -0.3 is 16.2 Å². The summed E-state index contributed by atoms with van der Waals surface area (Å²) in [6.45, 7) is 0. The fourth-order valence-electron chi connectivity index (χ4n) is 2.72. The minimum atomic E-state index is -4.23. The molecule has 164 valence electrons. The first-order valence-corrected chi connectivity index (χ1v) is 10.8. The van der Waals surface area contributed by atoms with Crippen LogP contribution in [0.4, 0.5) is 11.4 Å². The Morgan fingerprint density at radius 1 is 0.906 bits per heavy atom. The Bertz CT molecular complexity index is 1320. The van der Waals surface area contributed by atoms with E-state index in [1.54, 1.807) is 0 Å². The minimum absolute atomic E-state index is 0.0358. The normalized spacial score (nSPS) is 10.9. The fraction of sp³-hybridized carbons (Fsp3) is 0. The van der Waals surface area contributed by atoms with E-state index in [2.05, 4.69) is 10.0 Å². The number of halogens is 1. The number of rotatable bonds is 7. The van der Waals surface area contributed by atoms with Crippen LogP contribution in [0.1, 0.15) is 31.1 Å². The molecule has 0 aliphatic rings. The van der Waals surface area contributed by atoms with Crippen molar-refractivity contribution in [3.63, 3.8) is 0 Å². The number of carboxylic acid groups (broad SMARTS) is 1. The van der Waals surface area contributed by atoms with E-state index in [1.165, 1.54) is 60.7 Å². The zero-order valence-electron chi connectivity index (χ0n) is 16.2. The Morgan fingerprint density at radius 3 is 2.22 bits per heavy atom. The maximum atomic E-state index is 12.8. The first kappa shape index (κ1) is 22.8. The van der Waals surface area contributed by atoms with Gasteiger partial charge in [-0.15, -0.1) is 0 Å². The van der Waals surface area contributed by atoms with Gasteiger partial charge in [0.25, 0.3) is 15.9 Å². The summed E-state index contributed by atoms with van der Waals surface area (Å²) in [6, 6.07) is 14.6. The summed E-state index contributed by atoms with van der Waals surface area (Å²) in [7, 11) is -4.23. The summed E-state index contributed by atoms with van der Waals surface area (Å²) in [5.41, 5.74) is 5.43. The van der Waals surface area contributed by atoms with Gasteiger partial charge in [-0.2, -0.15) is 0 Å². The molecule has 0 aliphatic carbocycles. The quantitative estimate of drug-likeness (QED) is 0.413. The van der Waals surface area contributed by atoms with E-state index in [0.29, 0.717) is 5.69 Å². The van der Waals surface area contributed by atoms with Crippen LogP contribution in [0.5, 0.6) is 0 Å². The second kappa shape index (κ2) is 9.08. The van der Waals surface area contributed by atoms with Gasteiger partial charge in [-0.05, 0) is 60.7 Å². The highest BCUT2D eigenvalue weighted by atomic mass is 35.5. The van der Waals surface area contributed by atoms with Crippen LogP contribution in [0.3, 0.4) is 0 Å². The number of benzene rings is 3. The molecule has 0 radical (unpaired) electrons. The van der Waals surface area contributed by atoms with Gasteiger partial charge in [0, 0.05) is 16.3 Å². The van der Waals surface area contributed by atoms with Crippen LogP contribution in [-0.2, 0) is 10.0 Å². The highest BCUT2D eigenvalue weighted by Crippen LogP contribution is 2.25. The monoisotopic (exact) mass is 473 g/mol. The van der Waals surface area contributed by atoms with Gasteiger partial charge in [-0.1, -0.05) is 17.7 Å². The Balaban J connectivity index is 1.90. The Labute approximate surface area is 187 Å². The molecular weight excluding hydrogens is 458 g/mol. The fourth-order valence-corrected chi connectivity index (χ4v) is 4.00. The molecular formula is C21H16ClN3O6S. The zero-order valence-corrected chi connectivity index (χ0v) is 17.8. The van der Waals surface area contributed by atoms with Crippen molar-refractivity contribution in [2.24, 2.45) is 5.73 Å². The number of hydrogen-bond acceptors (Lipinski definition) is 5. The van der Waals surface area contributed by atoms with Gasteiger partial charge in [-0.25, -0.2) is 13.2 Å². The Kier molecular flexibility index (Phi) is 6.47. The second-order valence-electron chi connectivity index (χ2n) is 6.52. The van der Waals surface area contributed by atoms with Gasteiger partial charge in [0.05, 0.1) is 21.7 Å². The Hall–Kier alpha value is -3.89.